The van der Waals surface area contributed by atoms with Crippen LogP contribution in [0.5, 0.6) is 0 Å². The molecule has 5 N–H and O–H groups in total. The quantitative estimate of drug-likeness (QED) is 0.324. The highest BCUT2D eigenvalue weighted by molar-refractivity contribution is 14.2. The summed E-state index contributed by atoms with van der Waals surface area (Å²) in [5.74, 6) is 5.65. The van der Waals surface area contributed by atoms with Crippen molar-refractivity contribution >= 4 is 29.0 Å². The zero-order chi connectivity index (χ0) is 6.69. The number of nitrogens with two attached hydrogens (primary N) is 2. The van der Waals surface area contributed by atoms with Crippen molar-refractivity contribution < 1.29 is 0 Å². The molecule has 0 bridgehead atoms. The van der Waals surface area contributed by atoms with Crippen molar-refractivity contribution in [2.24, 2.45) is 16.6 Å². The van der Waals surface area contributed by atoms with Crippen molar-refractivity contribution in [1.82, 2.24) is 5.43 Å². The molecular weight excluding hydrogens is 231 g/mol. The minimum absolute atomic E-state index is 0.0539. The molecule has 0 unspecified atom stereocenters. The highest BCUT2D eigenvalue weighted by Gasteiger charge is 1.97. The second-order valence-corrected chi connectivity index (χ2v) is 3.31. The fraction of sp³-hybridized carbons (Fsp3) is 0. The van der Waals surface area contributed by atoms with Crippen molar-refractivity contribution in [1.29, 1.82) is 0 Å². The van der Waals surface area contributed by atoms with Gasteiger partial charge in [-0.25, -0.2) is 10.8 Å². The van der Waals surface area contributed by atoms with E-state index >= 15 is 0 Å². The molecule has 4 nitrogen and oxygen atoms in total. The molecule has 0 aromatic rings. The van der Waals surface area contributed by atoms with Crippen LogP contribution >= 0.6 is 20.7 Å². The predicted molar refractivity (Wildman–Crippen MR) is 47.1 cm³/mol. The first-order valence-electron chi connectivity index (χ1n) is 2.28. The zero-order valence-corrected chi connectivity index (χ0v) is 6.79. The number of nitrogens with zero attached hydrogens (tertiary/aromatic N) is 1. The number of nitrogens with one attached hydrogen (secondary N) is 1. The summed E-state index contributed by atoms with van der Waals surface area (Å²) in [5.41, 5.74) is 8.54. The Labute approximate surface area is 62.7 Å². The highest BCUT2D eigenvalue weighted by atomic mass is 127. The number of hydrogen-bond acceptors (Lipinski definition) is 4. The minimum Gasteiger partial charge on any atom is -0.395 e. The molecule has 0 fully saturated rings. The van der Waals surface area contributed by atoms with Gasteiger partial charge >= 0.3 is 0 Å². The summed E-state index contributed by atoms with van der Waals surface area (Å²) in [6.45, 7) is 0. The Morgan fingerprint density at radius 1 is 1.67 bits per heavy atom. The van der Waals surface area contributed by atoms with E-state index in [1.54, 1.807) is 0 Å². The standard InChI is InChI=1S/C4H7IN4/c6-3-1-5-2-8-4(3)9-7/h1-2H,6-7H2,(H,8,9). The number of hydrazine groups is 1. The van der Waals surface area contributed by atoms with Crippen LogP contribution in [-0.4, -0.2) is 8.23 Å². The highest BCUT2D eigenvalue weighted by Crippen LogP contribution is 2.04. The largest absolute Gasteiger partial charge is 0.395 e. The normalized spacial score (nSPS) is 17.4. The maximum Gasteiger partial charge on any atom is 0.164 e. The summed E-state index contributed by atoms with van der Waals surface area (Å²) < 4.78 is 3.81. The summed E-state index contributed by atoms with van der Waals surface area (Å²) in [4.78, 5) is 3.94. The van der Waals surface area contributed by atoms with Gasteiger partial charge in [-0.2, -0.15) is 0 Å². The Hall–Kier alpha value is -0.430. The van der Waals surface area contributed by atoms with E-state index in [0.29, 0.717) is 11.5 Å². The fourth-order valence-corrected chi connectivity index (χ4v) is 1.70. The molecule has 1 aliphatic heterocycles. The number of rotatable bonds is 1. The molecule has 1 rings (SSSR count). The fourth-order valence-electron chi connectivity index (χ4n) is 0.420. The Balaban J connectivity index is 2.88. The van der Waals surface area contributed by atoms with Gasteiger partial charge in [-0.3, -0.25) is 0 Å². The van der Waals surface area contributed by atoms with Crippen LogP contribution in [0.3, 0.4) is 0 Å². The molecule has 50 valence electrons. The van der Waals surface area contributed by atoms with Gasteiger partial charge in [0.05, 0.1) is 9.92 Å². The third-order valence-electron chi connectivity index (χ3n) is 0.825. The minimum atomic E-state index is -0.0539. The molecule has 1 heterocycles. The summed E-state index contributed by atoms with van der Waals surface area (Å²) in [6.07, 6.45) is 0. The average molecular weight is 238 g/mol. The smallest absolute Gasteiger partial charge is 0.164 e. The zero-order valence-electron chi connectivity index (χ0n) is 4.63. The molecule has 9 heavy (non-hydrogen) atoms. The van der Waals surface area contributed by atoms with Gasteiger partial charge in [-0.05, 0) is 4.01 Å². The van der Waals surface area contributed by atoms with Gasteiger partial charge < -0.3 is 11.2 Å². The molecule has 0 atom stereocenters. The van der Waals surface area contributed by atoms with Crippen LogP contribution in [0.1, 0.15) is 0 Å². The first-order valence-corrected chi connectivity index (χ1v) is 4.78. The van der Waals surface area contributed by atoms with Gasteiger partial charge in [0.1, 0.15) is 0 Å². The van der Waals surface area contributed by atoms with Crippen LogP contribution in [0.2, 0.25) is 0 Å². The van der Waals surface area contributed by atoms with Crippen molar-refractivity contribution in [3.05, 3.63) is 11.5 Å². The van der Waals surface area contributed by atoms with E-state index in [-0.39, 0.29) is 20.7 Å². The SMILES string of the molecule is NNC1=C(N)C=IC=N1. The molecule has 0 spiro atoms. The van der Waals surface area contributed by atoms with E-state index in [2.05, 4.69) is 10.4 Å². The van der Waals surface area contributed by atoms with Crippen LogP contribution in [0.25, 0.3) is 0 Å². The van der Waals surface area contributed by atoms with E-state index in [1.165, 1.54) is 0 Å². The number of hydrogen-bond donors (Lipinski definition) is 3. The molecule has 0 saturated carbocycles. The van der Waals surface area contributed by atoms with E-state index in [4.69, 9.17) is 11.6 Å². The second-order valence-electron chi connectivity index (χ2n) is 1.41. The Morgan fingerprint density at radius 3 is 2.89 bits per heavy atom. The van der Waals surface area contributed by atoms with Crippen molar-refractivity contribution in [3.8, 4) is 0 Å². The number of aliphatic imine (C=N–C) groups is 1. The van der Waals surface area contributed by atoms with Gasteiger partial charge in [-0.15, -0.1) is 0 Å². The van der Waals surface area contributed by atoms with Gasteiger partial charge in [0.25, 0.3) is 0 Å². The summed E-state index contributed by atoms with van der Waals surface area (Å²) in [6, 6.07) is 0. The van der Waals surface area contributed by atoms with Crippen LogP contribution < -0.4 is 17.0 Å². The topological polar surface area (TPSA) is 76.4 Å². The predicted octanol–water partition coefficient (Wildman–Crippen LogP) is -0.608. The van der Waals surface area contributed by atoms with Gasteiger partial charge in [0, 0.05) is 0 Å². The van der Waals surface area contributed by atoms with Gasteiger partial charge in [0.15, 0.2) is 5.82 Å². The molecule has 0 aliphatic carbocycles. The molecule has 0 radical (unpaired) electrons. The molecule has 1 aliphatic rings. The van der Waals surface area contributed by atoms with E-state index in [0.717, 1.165) is 0 Å². The molecule has 0 amide bonds. The first kappa shape index (κ1) is 6.69. The lowest BCUT2D eigenvalue weighted by Crippen LogP contribution is -2.24. The molecule has 0 saturated heterocycles. The van der Waals surface area contributed by atoms with Crippen LogP contribution in [0, 0.1) is 0 Å². The Morgan fingerprint density at radius 2 is 2.44 bits per heavy atom. The van der Waals surface area contributed by atoms with E-state index in [1.807, 2.05) is 8.23 Å². The molecule has 0 aromatic carbocycles. The maximum atomic E-state index is 5.48. The van der Waals surface area contributed by atoms with Gasteiger partial charge in [0.2, 0.25) is 0 Å². The Kier molecular flexibility index (Phi) is 2.17. The van der Waals surface area contributed by atoms with Crippen molar-refractivity contribution in [2.45, 2.75) is 0 Å². The molecule has 5 heteroatoms. The van der Waals surface area contributed by atoms with Crippen LogP contribution in [0.15, 0.2) is 16.5 Å². The van der Waals surface area contributed by atoms with E-state index < -0.39 is 0 Å². The average Bonchev–Trinajstić information content (AvgIpc) is 1.89. The molecule has 0 aromatic heterocycles. The second kappa shape index (κ2) is 2.92. The summed E-state index contributed by atoms with van der Waals surface area (Å²) in [7, 11) is 0. The number of allylic oxidation sites excluding steroid dienone is 1. The monoisotopic (exact) mass is 238 g/mol. The third-order valence-corrected chi connectivity index (χ3v) is 2.46. The Bertz CT molecular complexity index is 193. The van der Waals surface area contributed by atoms with E-state index in [9.17, 15) is 0 Å². The van der Waals surface area contributed by atoms with Crippen molar-refractivity contribution in [2.75, 3.05) is 0 Å². The lowest BCUT2D eigenvalue weighted by atomic mass is 10.5. The van der Waals surface area contributed by atoms with Crippen molar-refractivity contribution in [3.63, 3.8) is 0 Å². The van der Waals surface area contributed by atoms with Crippen LogP contribution in [-0.2, 0) is 0 Å². The maximum absolute atomic E-state index is 5.48. The lowest BCUT2D eigenvalue weighted by molar-refractivity contribution is 0.860. The van der Waals surface area contributed by atoms with Crippen LogP contribution in [0.4, 0.5) is 0 Å². The third kappa shape index (κ3) is 1.49. The summed E-state index contributed by atoms with van der Waals surface area (Å²) >= 11 is -0.0539. The first-order chi connectivity index (χ1) is 4.34. The number of halogens is 1. The summed E-state index contributed by atoms with van der Waals surface area (Å²) in [5, 5.41) is 0. The van der Waals surface area contributed by atoms with Gasteiger partial charge in [-0.1, -0.05) is 20.7 Å². The molecular formula is C4H7IN4. The lowest BCUT2D eigenvalue weighted by Gasteiger charge is -2.03.